The number of halogens is 1. The molecule has 3 nitrogen and oxygen atoms in total. The second kappa shape index (κ2) is 6.14. The number of aliphatic hydroxyl groups is 1. The van der Waals surface area contributed by atoms with E-state index in [2.05, 4.69) is 5.32 Å². The van der Waals surface area contributed by atoms with Crippen LogP contribution in [-0.2, 0) is 10.2 Å². The molecule has 4 heteroatoms. The fourth-order valence-corrected chi connectivity index (χ4v) is 2.61. The summed E-state index contributed by atoms with van der Waals surface area (Å²) in [6.45, 7) is 4.70. The van der Waals surface area contributed by atoms with Gasteiger partial charge in [0.05, 0.1) is 5.41 Å². The SMILES string of the molecule is CC(C)(CO)CCCNC(=O)C1(c2ccccc2F)CC1. The molecule has 0 radical (unpaired) electrons. The van der Waals surface area contributed by atoms with Crippen molar-refractivity contribution in [2.75, 3.05) is 13.2 Å². The van der Waals surface area contributed by atoms with Crippen LogP contribution in [0.4, 0.5) is 4.39 Å². The van der Waals surface area contributed by atoms with Gasteiger partial charge in [-0.05, 0) is 37.2 Å². The summed E-state index contributed by atoms with van der Waals surface area (Å²) in [5, 5.41) is 12.1. The van der Waals surface area contributed by atoms with Crippen molar-refractivity contribution >= 4 is 5.91 Å². The van der Waals surface area contributed by atoms with Crippen molar-refractivity contribution in [1.82, 2.24) is 5.32 Å². The van der Waals surface area contributed by atoms with Crippen LogP contribution in [0.15, 0.2) is 24.3 Å². The zero-order chi connectivity index (χ0) is 15.5. The molecule has 0 aliphatic heterocycles. The van der Waals surface area contributed by atoms with Crippen LogP contribution < -0.4 is 5.32 Å². The molecule has 0 bridgehead atoms. The largest absolute Gasteiger partial charge is 0.396 e. The van der Waals surface area contributed by atoms with E-state index in [1.807, 2.05) is 13.8 Å². The predicted octanol–water partition coefficient (Wildman–Crippen LogP) is 2.77. The Hall–Kier alpha value is -1.42. The van der Waals surface area contributed by atoms with Crippen LogP contribution in [0.3, 0.4) is 0 Å². The standard InChI is InChI=1S/C17H24FNO2/c1-16(2,12-20)8-5-11-19-15(21)17(9-10-17)13-6-3-4-7-14(13)18/h3-4,6-7,20H,5,8-12H2,1-2H3,(H,19,21). The number of hydrogen-bond donors (Lipinski definition) is 2. The first-order valence-corrected chi connectivity index (χ1v) is 7.55. The molecule has 1 saturated carbocycles. The Kier molecular flexibility index (Phi) is 4.67. The van der Waals surface area contributed by atoms with E-state index in [4.69, 9.17) is 0 Å². The van der Waals surface area contributed by atoms with Gasteiger partial charge < -0.3 is 10.4 Å². The number of nitrogens with one attached hydrogen (secondary N) is 1. The van der Waals surface area contributed by atoms with Gasteiger partial charge in [0.1, 0.15) is 5.82 Å². The van der Waals surface area contributed by atoms with Crippen molar-refractivity contribution < 1.29 is 14.3 Å². The molecular formula is C17H24FNO2. The molecule has 0 unspecified atom stereocenters. The first-order valence-electron chi connectivity index (χ1n) is 7.55. The number of carbonyl (C=O) groups is 1. The van der Waals surface area contributed by atoms with Crippen LogP contribution in [0, 0.1) is 11.2 Å². The molecule has 1 aromatic carbocycles. The number of benzene rings is 1. The lowest BCUT2D eigenvalue weighted by molar-refractivity contribution is -0.123. The third kappa shape index (κ3) is 3.62. The van der Waals surface area contributed by atoms with Gasteiger partial charge in [0.25, 0.3) is 0 Å². The van der Waals surface area contributed by atoms with E-state index in [-0.39, 0.29) is 23.7 Å². The average Bonchev–Trinajstić information content (AvgIpc) is 3.25. The Morgan fingerprint density at radius 3 is 2.62 bits per heavy atom. The summed E-state index contributed by atoms with van der Waals surface area (Å²) in [6.07, 6.45) is 3.08. The highest BCUT2D eigenvalue weighted by molar-refractivity contribution is 5.91. The van der Waals surface area contributed by atoms with Gasteiger partial charge >= 0.3 is 0 Å². The van der Waals surface area contributed by atoms with E-state index in [0.29, 0.717) is 24.9 Å². The van der Waals surface area contributed by atoms with E-state index in [0.717, 1.165) is 12.8 Å². The van der Waals surface area contributed by atoms with E-state index in [1.54, 1.807) is 18.2 Å². The first kappa shape index (κ1) is 16.0. The molecule has 2 N–H and O–H groups in total. The maximum atomic E-state index is 13.9. The van der Waals surface area contributed by atoms with Crippen LogP contribution in [0.25, 0.3) is 0 Å². The van der Waals surface area contributed by atoms with Crippen LogP contribution in [0.1, 0.15) is 45.1 Å². The zero-order valence-electron chi connectivity index (χ0n) is 12.8. The molecule has 1 amide bonds. The third-order valence-corrected chi connectivity index (χ3v) is 4.32. The van der Waals surface area contributed by atoms with E-state index in [1.165, 1.54) is 6.07 Å². The summed E-state index contributed by atoms with van der Waals surface area (Å²) < 4.78 is 13.9. The molecular weight excluding hydrogens is 269 g/mol. The molecule has 2 rings (SSSR count). The minimum absolute atomic E-state index is 0.0746. The van der Waals surface area contributed by atoms with Crippen molar-refractivity contribution in [2.24, 2.45) is 5.41 Å². The highest BCUT2D eigenvalue weighted by atomic mass is 19.1. The maximum absolute atomic E-state index is 13.9. The minimum atomic E-state index is -0.655. The lowest BCUT2D eigenvalue weighted by atomic mass is 9.89. The lowest BCUT2D eigenvalue weighted by Crippen LogP contribution is -2.36. The second-order valence-electron chi connectivity index (χ2n) is 6.74. The topological polar surface area (TPSA) is 49.3 Å². The zero-order valence-corrected chi connectivity index (χ0v) is 12.8. The van der Waals surface area contributed by atoms with E-state index >= 15 is 0 Å². The summed E-state index contributed by atoms with van der Waals surface area (Å²) in [5.74, 6) is -0.374. The van der Waals surface area contributed by atoms with Gasteiger partial charge in [0.2, 0.25) is 5.91 Å². The molecule has 0 aromatic heterocycles. The Balaban J connectivity index is 1.88. The van der Waals surface area contributed by atoms with Gasteiger partial charge in [0.15, 0.2) is 0 Å². The van der Waals surface area contributed by atoms with E-state index < -0.39 is 5.41 Å². The molecule has 0 saturated heterocycles. The van der Waals surface area contributed by atoms with Gasteiger partial charge in [-0.1, -0.05) is 32.0 Å². The average molecular weight is 293 g/mol. The Labute approximate surface area is 125 Å². The Morgan fingerprint density at radius 2 is 2.05 bits per heavy atom. The molecule has 1 aliphatic rings. The number of hydrogen-bond acceptors (Lipinski definition) is 2. The van der Waals surface area contributed by atoms with Crippen LogP contribution in [0.2, 0.25) is 0 Å². The maximum Gasteiger partial charge on any atom is 0.230 e. The number of rotatable bonds is 7. The summed E-state index contributed by atoms with van der Waals surface area (Å²) in [6, 6.07) is 6.53. The van der Waals surface area contributed by atoms with Gasteiger partial charge in [-0.2, -0.15) is 0 Å². The van der Waals surface area contributed by atoms with Gasteiger partial charge in [0, 0.05) is 18.7 Å². The molecule has 21 heavy (non-hydrogen) atoms. The smallest absolute Gasteiger partial charge is 0.230 e. The summed E-state index contributed by atoms with van der Waals surface area (Å²) >= 11 is 0. The quantitative estimate of drug-likeness (QED) is 0.760. The highest BCUT2D eigenvalue weighted by Crippen LogP contribution is 2.49. The Morgan fingerprint density at radius 1 is 1.38 bits per heavy atom. The van der Waals surface area contributed by atoms with Crippen molar-refractivity contribution in [1.29, 1.82) is 0 Å². The van der Waals surface area contributed by atoms with Gasteiger partial charge in [-0.3, -0.25) is 4.79 Å². The van der Waals surface area contributed by atoms with Crippen LogP contribution in [0.5, 0.6) is 0 Å². The fourth-order valence-electron chi connectivity index (χ4n) is 2.61. The predicted molar refractivity (Wildman–Crippen MR) is 80.4 cm³/mol. The van der Waals surface area contributed by atoms with Crippen molar-refractivity contribution in [3.8, 4) is 0 Å². The number of carbonyl (C=O) groups excluding carboxylic acids is 1. The second-order valence-corrected chi connectivity index (χ2v) is 6.74. The molecule has 0 atom stereocenters. The molecule has 1 aromatic rings. The first-order chi connectivity index (χ1) is 9.91. The summed E-state index contributed by atoms with van der Waals surface area (Å²) in [4.78, 5) is 12.3. The lowest BCUT2D eigenvalue weighted by Gasteiger charge is -2.22. The molecule has 1 aliphatic carbocycles. The molecule has 0 heterocycles. The highest BCUT2D eigenvalue weighted by Gasteiger charge is 2.52. The van der Waals surface area contributed by atoms with Crippen molar-refractivity contribution in [2.45, 2.75) is 44.9 Å². The van der Waals surface area contributed by atoms with Crippen molar-refractivity contribution in [3.63, 3.8) is 0 Å². The fraction of sp³-hybridized carbons (Fsp3) is 0.588. The molecule has 0 spiro atoms. The summed E-state index contributed by atoms with van der Waals surface area (Å²) in [5.41, 5.74) is -0.260. The molecule has 116 valence electrons. The Bertz CT molecular complexity index is 509. The molecule has 1 fully saturated rings. The van der Waals surface area contributed by atoms with E-state index in [9.17, 15) is 14.3 Å². The monoisotopic (exact) mass is 293 g/mol. The van der Waals surface area contributed by atoms with Crippen molar-refractivity contribution in [3.05, 3.63) is 35.6 Å². The van der Waals surface area contributed by atoms with Gasteiger partial charge in [-0.15, -0.1) is 0 Å². The number of aliphatic hydroxyl groups excluding tert-OH is 1. The van der Waals surface area contributed by atoms with Crippen LogP contribution in [-0.4, -0.2) is 24.2 Å². The van der Waals surface area contributed by atoms with Gasteiger partial charge in [-0.25, -0.2) is 4.39 Å². The normalized spacial score (nSPS) is 16.6. The third-order valence-electron chi connectivity index (χ3n) is 4.32. The van der Waals surface area contributed by atoms with Crippen LogP contribution >= 0.6 is 0 Å². The summed E-state index contributed by atoms with van der Waals surface area (Å²) in [7, 11) is 0. The number of amides is 1. The minimum Gasteiger partial charge on any atom is -0.396 e.